The Labute approximate surface area is 195 Å². The van der Waals surface area contributed by atoms with Gasteiger partial charge in [-0.2, -0.15) is 0 Å². The summed E-state index contributed by atoms with van der Waals surface area (Å²) in [6.07, 6.45) is 0.832. The van der Waals surface area contributed by atoms with Gasteiger partial charge in [0, 0.05) is 31.6 Å². The van der Waals surface area contributed by atoms with Crippen LogP contribution in [0, 0.1) is 13.8 Å². The van der Waals surface area contributed by atoms with Crippen LogP contribution in [-0.4, -0.2) is 22.4 Å². The van der Waals surface area contributed by atoms with Crippen LogP contribution in [0.5, 0.6) is 0 Å². The van der Waals surface area contributed by atoms with Crippen molar-refractivity contribution in [2.75, 3.05) is 7.05 Å². The van der Waals surface area contributed by atoms with Crippen LogP contribution in [0.3, 0.4) is 0 Å². The van der Waals surface area contributed by atoms with Gasteiger partial charge in [0.25, 0.3) is 11.5 Å². The lowest BCUT2D eigenvalue weighted by molar-refractivity contribution is 0.0775. The molecule has 0 spiro atoms. The number of nitrogens with zero attached hydrogens (tertiary/aromatic N) is 2. The molecule has 1 heterocycles. The third kappa shape index (κ3) is 4.09. The van der Waals surface area contributed by atoms with Crippen molar-refractivity contribution in [2.24, 2.45) is 7.05 Å². The summed E-state index contributed by atoms with van der Waals surface area (Å²) in [5.41, 5.74) is 6.46. The van der Waals surface area contributed by atoms with Crippen LogP contribution in [-0.2, 0) is 20.0 Å². The Hall–Kier alpha value is -3.66. The van der Waals surface area contributed by atoms with Crippen molar-refractivity contribution in [1.29, 1.82) is 0 Å². The zero-order valence-electron chi connectivity index (χ0n) is 20.0. The second kappa shape index (κ2) is 9.07. The molecule has 168 valence electrons. The van der Waals surface area contributed by atoms with Gasteiger partial charge in [0.05, 0.1) is 0 Å². The lowest BCUT2D eigenvalue weighted by Gasteiger charge is -2.24. The van der Waals surface area contributed by atoms with E-state index in [1.165, 1.54) is 4.57 Å². The average Bonchev–Trinajstić information content (AvgIpc) is 2.82. The number of rotatable bonds is 5. The minimum atomic E-state index is -0.167. The molecule has 0 aliphatic heterocycles. The first kappa shape index (κ1) is 22.5. The molecule has 0 unspecified atom stereocenters. The summed E-state index contributed by atoms with van der Waals surface area (Å²) in [6, 6.07) is 22.1. The highest BCUT2D eigenvalue weighted by atomic mass is 16.2. The van der Waals surface area contributed by atoms with Crippen LogP contribution in [0.4, 0.5) is 0 Å². The van der Waals surface area contributed by atoms with Crippen LogP contribution < -0.4 is 5.56 Å². The van der Waals surface area contributed by atoms with Gasteiger partial charge in [0.15, 0.2) is 0 Å². The van der Waals surface area contributed by atoms with Crippen LogP contribution >= 0.6 is 0 Å². The number of aromatic nitrogens is 1. The summed E-state index contributed by atoms with van der Waals surface area (Å²) in [5, 5.41) is 1.47. The molecule has 3 aromatic carbocycles. The van der Waals surface area contributed by atoms with Crippen molar-refractivity contribution < 1.29 is 4.79 Å². The molecule has 4 heteroatoms. The number of benzene rings is 3. The average molecular weight is 439 g/mol. The highest BCUT2D eigenvalue weighted by Crippen LogP contribution is 2.35. The van der Waals surface area contributed by atoms with E-state index in [4.69, 9.17) is 0 Å². The molecule has 0 bridgehead atoms. The number of hydrogen-bond donors (Lipinski definition) is 0. The molecular weight excluding hydrogens is 408 g/mol. The Kier molecular flexibility index (Phi) is 6.19. The predicted molar refractivity (Wildman–Crippen MR) is 136 cm³/mol. The maximum absolute atomic E-state index is 13.9. The molecule has 0 aliphatic rings. The number of hydrogen-bond acceptors (Lipinski definition) is 2. The Bertz CT molecular complexity index is 1400. The van der Waals surface area contributed by atoms with Crippen molar-refractivity contribution in [3.05, 3.63) is 105 Å². The van der Waals surface area contributed by atoms with Crippen LogP contribution in [0.2, 0.25) is 0 Å². The van der Waals surface area contributed by atoms with Gasteiger partial charge in [-0.15, -0.1) is 0 Å². The first-order valence-corrected chi connectivity index (χ1v) is 11.3. The molecule has 0 N–H and O–H groups in total. The molecule has 1 amide bonds. The largest absolute Gasteiger partial charge is 0.336 e. The lowest BCUT2D eigenvalue weighted by atomic mass is 9.90. The maximum atomic E-state index is 13.9. The van der Waals surface area contributed by atoms with E-state index >= 15 is 0 Å². The van der Waals surface area contributed by atoms with Crippen molar-refractivity contribution >= 4 is 16.7 Å². The second-order valence-corrected chi connectivity index (χ2v) is 8.73. The minimum Gasteiger partial charge on any atom is -0.336 e. The molecule has 4 rings (SSSR count). The topological polar surface area (TPSA) is 42.3 Å². The molecule has 4 nitrogen and oxygen atoms in total. The Morgan fingerprint density at radius 2 is 1.52 bits per heavy atom. The number of aryl methyl sites for hydroxylation is 3. The molecular formula is C29H30N2O2. The molecule has 0 aliphatic carbocycles. The highest BCUT2D eigenvalue weighted by Gasteiger charge is 2.25. The maximum Gasteiger partial charge on any atom is 0.271 e. The van der Waals surface area contributed by atoms with Gasteiger partial charge in [0.2, 0.25) is 0 Å². The second-order valence-electron chi connectivity index (χ2n) is 8.73. The first-order chi connectivity index (χ1) is 15.8. The fraction of sp³-hybridized carbons (Fsp3) is 0.241. The van der Waals surface area contributed by atoms with Crippen LogP contribution in [0.25, 0.3) is 21.9 Å². The molecule has 4 aromatic rings. The minimum absolute atomic E-state index is 0.151. The summed E-state index contributed by atoms with van der Waals surface area (Å²) >= 11 is 0. The van der Waals surface area contributed by atoms with E-state index < -0.39 is 0 Å². The molecule has 0 fully saturated rings. The van der Waals surface area contributed by atoms with E-state index in [1.54, 1.807) is 19.0 Å². The molecule has 0 saturated heterocycles. The fourth-order valence-electron chi connectivity index (χ4n) is 4.48. The van der Waals surface area contributed by atoms with E-state index in [9.17, 15) is 9.59 Å². The fourth-order valence-corrected chi connectivity index (χ4v) is 4.48. The van der Waals surface area contributed by atoms with Crippen molar-refractivity contribution in [3.63, 3.8) is 0 Å². The normalized spacial score (nSPS) is 11.1. The van der Waals surface area contributed by atoms with Crippen molar-refractivity contribution in [3.8, 4) is 11.1 Å². The third-order valence-corrected chi connectivity index (χ3v) is 6.49. The first-order valence-electron chi connectivity index (χ1n) is 11.3. The lowest BCUT2D eigenvalue weighted by Crippen LogP contribution is -2.33. The monoisotopic (exact) mass is 438 g/mol. The third-order valence-electron chi connectivity index (χ3n) is 6.49. The Morgan fingerprint density at radius 3 is 2.18 bits per heavy atom. The van der Waals surface area contributed by atoms with Gasteiger partial charge < -0.3 is 9.47 Å². The van der Waals surface area contributed by atoms with Crippen LogP contribution in [0.1, 0.15) is 39.7 Å². The number of pyridine rings is 1. The molecule has 0 saturated carbocycles. The number of amides is 1. The van der Waals surface area contributed by atoms with Gasteiger partial charge in [-0.05, 0) is 59.5 Å². The van der Waals surface area contributed by atoms with E-state index in [0.717, 1.165) is 45.2 Å². The zero-order valence-corrected chi connectivity index (χ0v) is 20.0. The molecule has 0 radical (unpaired) electrons. The zero-order chi connectivity index (χ0) is 23.7. The van der Waals surface area contributed by atoms with Gasteiger partial charge in [-0.3, -0.25) is 9.59 Å². The summed E-state index contributed by atoms with van der Waals surface area (Å²) in [7, 11) is 3.50. The van der Waals surface area contributed by atoms with E-state index in [1.807, 2.05) is 62.4 Å². The molecule has 0 atom stereocenters. The Morgan fingerprint density at radius 1 is 0.909 bits per heavy atom. The standard InChI is InChI=1S/C29H30N2O2/c1-6-22-14-10-11-15-23(22)26-24-16-19(2)20(3)17-25(24)28(32)31(5)27(26)29(33)30(4)18-21-12-8-7-9-13-21/h7-17H,6,18H2,1-5H3. The Balaban J connectivity index is 2.03. The van der Waals surface area contributed by atoms with Crippen molar-refractivity contribution in [1.82, 2.24) is 9.47 Å². The number of fused-ring (bicyclic) bond motifs is 1. The number of carbonyl (C=O) groups excluding carboxylic acids is 1. The summed E-state index contributed by atoms with van der Waals surface area (Å²) in [6.45, 7) is 6.64. The molecule has 1 aromatic heterocycles. The quantitative estimate of drug-likeness (QED) is 0.404. The highest BCUT2D eigenvalue weighted by molar-refractivity contribution is 6.09. The van der Waals surface area contributed by atoms with Gasteiger partial charge in [0.1, 0.15) is 5.69 Å². The summed E-state index contributed by atoms with van der Waals surface area (Å²) in [5.74, 6) is -0.167. The summed E-state index contributed by atoms with van der Waals surface area (Å²) < 4.78 is 1.53. The van der Waals surface area contributed by atoms with Gasteiger partial charge >= 0.3 is 0 Å². The van der Waals surface area contributed by atoms with E-state index in [-0.39, 0.29) is 11.5 Å². The van der Waals surface area contributed by atoms with Crippen molar-refractivity contribution in [2.45, 2.75) is 33.7 Å². The van der Waals surface area contributed by atoms with Gasteiger partial charge in [-0.1, -0.05) is 67.6 Å². The van der Waals surface area contributed by atoms with Crippen LogP contribution in [0.15, 0.2) is 71.5 Å². The molecule has 33 heavy (non-hydrogen) atoms. The SMILES string of the molecule is CCc1ccccc1-c1c(C(=O)N(C)Cc2ccccc2)n(C)c(=O)c2cc(C)c(C)cc12. The predicted octanol–water partition coefficient (Wildman–Crippen LogP) is 5.66. The van der Waals surface area contributed by atoms with E-state index in [2.05, 4.69) is 25.1 Å². The number of carbonyl (C=O) groups is 1. The van der Waals surface area contributed by atoms with Gasteiger partial charge in [-0.25, -0.2) is 0 Å². The van der Waals surface area contributed by atoms with E-state index in [0.29, 0.717) is 17.6 Å². The summed E-state index contributed by atoms with van der Waals surface area (Å²) in [4.78, 5) is 29.0. The smallest absolute Gasteiger partial charge is 0.271 e.